The van der Waals surface area contributed by atoms with Gasteiger partial charge in [-0.15, -0.1) is 0 Å². The molecule has 3 nitrogen and oxygen atoms in total. The molecule has 1 aliphatic heterocycles. The Morgan fingerprint density at radius 1 is 1.54 bits per heavy atom. The van der Waals surface area contributed by atoms with Crippen molar-refractivity contribution < 1.29 is 4.21 Å². The average molecular weight is 202 g/mol. The van der Waals surface area contributed by atoms with E-state index in [0.717, 1.165) is 43.0 Å². The summed E-state index contributed by atoms with van der Waals surface area (Å²) in [6.45, 7) is 2.10. The number of nitrogens with zero attached hydrogens (tertiary/aromatic N) is 1. The van der Waals surface area contributed by atoms with Crippen LogP contribution in [0.15, 0.2) is 4.99 Å². The number of nitrogens with two attached hydrogens (primary N) is 1. The molecule has 0 aromatic rings. The van der Waals surface area contributed by atoms with Crippen molar-refractivity contribution in [1.29, 1.82) is 0 Å². The minimum Gasteiger partial charge on any atom is -0.387 e. The second-order valence-electron chi connectivity index (χ2n) is 3.45. The molecule has 1 heterocycles. The van der Waals surface area contributed by atoms with E-state index in [4.69, 9.17) is 5.73 Å². The number of hydrogen-bond donors (Lipinski definition) is 1. The summed E-state index contributed by atoms with van der Waals surface area (Å²) in [4.78, 5) is 4.42. The zero-order chi connectivity index (χ0) is 9.68. The highest BCUT2D eigenvalue weighted by molar-refractivity contribution is 7.85. The van der Waals surface area contributed by atoms with Crippen LogP contribution in [0.1, 0.15) is 32.6 Å². The van der Waals surface area contributed by atoms with Crippen LogP contribution in [0.5, 0.6) is 0 Å². The van der Waals surface area contributed by atoms with Crippen molar-refractivity contribution in [2.75, 3.05) is 11.5 Å². The first kappa shape index (κ1) is 10.7. The maximum atomic E-state index is 11.1. The number of rotatable bonds is 3. The van der Waals surface area contributed by atoms with Gasteiger partial charge in [0.25, 0.3) is 0 Å². The summed E-state index contributed by atoms with van der Waals surface area (Å²) in [6, 6.07) is 0.337. The molecule has 0 saturated carbocycles. The second kappa shape index (κ2) is 5.37. The lowest BCUT2D eigenvalue weighted by molar-refractivity contribution is 0.597. The van der Waals surface area contributed by atoms with E-state index in [-0.39, 0.29) is 0 Å². The molecule has 0 amide bonds. The van der Waals surface area contributed by atoms with Gasteiger partial charge in [-0.25, -0.2) is 0 Å². The van der Waals surface area contributed by atoms with Crippen molar-refractivity contribution in [2.24, 2.45) is 10.7 Å². The molecule has 0 radical (unpaired) electrons. The van der Waals surface area contributed by atoms with Crippen LogP contribution in [0.25, 0.3) is 0 Å². The molecule has 0 aromatic heterocycles. The highest BCUT2D eigenvalue weighted by Gasteiger charge is 2.16. The molecular formula is C9H18N2OS. The molecule has 1 saturated heterocycles. The Morgan fingerprint density at radius 3 is 2.69 bits per heavy atom. The molecule has 4 heteroatoms. The minimum atomic E-state index is -0.590. The first-order chi connectivity index (χ1) is 6.22. The van der Waals surface area contributed by atoms with Crippen LogP contribution in [-0.2, 0) is 10.8 Å². The van der Waals surface area contributed by atoms with Gasteiger partial charge < -0.3 is 5.73 Å². The molecule has 0 aliphatic carbocycles. The Morgan fingerprint density at radius 2 is 2.15 bits per heavy atom. The summed E-state index contributed by atoms with van der Waals surface area (Å²) < 4.78 is 11.1. The van der Waals surface area contributed by atoms with Crippen LogP contribution in [0.4, 0.5) is 0 Å². The topological polar surface area (TPSA) is 55.4 Å². The lowest BCUT2D eigenvalue weighted by Gasteiger charge is -2.17. The van der Waals surface area contributed by atoms with E-state index in [2.05, 4.69) is 11.9 Å². The maximum Gasteiger partial charge on any atom is 0.0940 e. The van der Waals surface area contributed by atoms with Gasteiger partial charge in [0.1, 0.15) is 0 Å². The van der Waals surface area contributed by atoms with E-state index in [9.17, 15) is 4.21 Å². The second-order valence-corrected chi connectivity index (χ2v) is 5.15. The highest BCUT2D eigenvalue weighted by atomic mass is 32.2. The molecule has 0 spiro atoms. The molecule has 0 bridgehead atoms. The quantitative estimate of drug-likeness (QED) is 0.549. The molecule has 13 heavy (non-hydrogen) atoms. The predicted molar refractivity (Wildman–Crippen MR) is 57.4 cm³/mol. The van der Waals surface area contributed by atoms with Crippen LogP contribution in [0.3, 0.4) is 0 Å². The average Bonchev–Trinajstić information content (AvgIpc) is 2.09. The van der Waals surface area contributed by atoms with Crippen molar-refractivity contribution in [2.45, 2.75) is 38.6 Å². The Kier molecular flexibility index (Phi) is 4.42. The van der Waals surface area contributed by atoms with Crippen LogP contribution < -0.4 is 5.73 Å². The molecule has 2 N–H and O–H groups in total. The lowest BCUT2D eigenvalue weighted by atomic mass is 10.2. The standard InChI is InChI=1S/C9H18N2OS/c1-2-3-9(10)11-8-4-6-13(12)7-5-8/h8H,2-7H2,1H3,(H2,10,11). The van der Waals surface area contributed by atoms with E-state index in [1.807, 2.05) is 0 Å². The Labute approximate surface area is 82.3 Å². The third-order valence-electron chi connectivity index (χ3n) is 2.21. The summed E-state index contributed by atoms with van der Waals surface area (Å²) in [5.74, 6) is 2.36. The zero-order valence-corrected chi connectivity index (χ0v) is 8.98. The molecule has 76 valence electrons. The van der Waals surface area contributed by atoms with Crippen molar-refractivity contribution >= 4 is 16.6 Å². The summed E-state index contributed by atoms with van der Waals surface area (Å²) >= 11 is 0. The largest absolute Gasteiger partial charge is 0.387 e. The summed E-state index contributed by atoms with van der Waals surface area (Å²) in [5, 5.41) is 0. The lowest BCUT2D eigenvalue weighted by Crippen LogP contribution is -2.24. The van der Waals surface area contributed by atoms with Crippen LogP contribution in [0.2, 0.25) is 0 Å². The molecule has 1 aliphatic rings. The Hall–Kier alpha value is -0.380. The Balaban J connectivity index is 2.36. The van der Waals surface area contributed by atoms with Crippen molar-refractivity contribution in [3.05, 3.63) is 0 Å². The molecule has 0 atom stereocenters. The molecule has 0 aromatic carbocycles. The minimum absolute atomic E-state index is 0.337. The molecular weight excluding hydrogens is 184 g/mol. The zero-order valence-electron chi connectivity index (χ0n) is 8.16. The fourth-order valence-electron chi connectivity index (χ4n) is 1.47. The Bertz CT molecular complexity index is 206. The predicted octanol–water partition coefficient (Wildman–Crippen LogP) is 1.05. The van der Waals surface area contributed by atoms with Crippen molar-refractivity contribution in [3.8, 4) is 0 Å². The highest BCUT2D eigenvalue weighted by Crippen LogP contribution is 2.12. The fraction of sp³-hybridized carbons (Fsp3) is 0.889. The first-order valence-electron chi connectivity index (χ1n) is 4.89. The molecule has 1 rings (SSSR count). The summed E-state index contributed by atoms with van der Waals surface area (Å²) in [7, 11) is -0.590. The monoisotopic (exact) mass is 202 g/mol. The van der Waals surface area contributed by atoms with Gasteiger partial charge in [0.15, 0.2) is 0 Å². The van der Waals surface area contributed by atoms with Crippen LogP contribution in [-0.4, -0.2) is 27.6 Å². The SMILES string of the molecule is CCCC(N)=NC1CCS(=O)CC1. The van der Waals surface area contributed by atoms with E-state index in [0.29, 0.717) is 6.04 Å². The van der Waals surface area contributed by atoms with Crippen LogP contribution in [0, 0.1) is 0 Å². The maximum absolute atomic E-state index is 11.1. The van der Waals surface area contributed by atoms with Gasteiger partial charge in [0.05, 0.1) is 11.9 Å². The van der Waals surface area contributed by atoms with Gasteiger partial charge in [0.2, 0.25) is 0 Å². The smallest absolute Gasteiger partial charge is 0.0940 e. The van der Waals surface area contributed by atoms with Gasteiger partial charge >= 0.3 is 0 Å². The summed E-state index contributed by atoms with van der Waals surface area (Å²) in [6.07, 6.45) is 3.82. The van der Waals surface area contributed by atoms with Crippen LogP contribution >= 0.6 is 0 Å². The molecule has 1 fully saturated rings. The molecule has 0 unspecified atom stereocenters. The normalized spacial score (nSPS) is 30.4. The third kappa shape index (κ3) is 3.89. The van der Waals surface area contributed by atoms with Gasteiger partial charge in [-0.1, -0.05) is 6.92 Å². The number of hydrogen-bond acceptors (Lipinski definition) is 2. The number of aliphatic imine (C=N–C) groups is 1. The van der Waals surface area contributed by atoms with E-state index >= 15 is 0 Å². The van der Waals surface area contributed by atoms with E-state index in [1.54, 1.807) is 0 Å². The van der Waals surface area contributed by atoms with Gasteiger partial charge in [-0.2, -0.15) is 0 Å². The van der Waals surface area contributed by atoms with Crippen molar-refractivity contribution in [3.63, 3.8) is 0 Å². The van der Waals surface area contributed by atoms with E-state index < -0.39 is 10.8 Å². The van der Waals surface area contributed by atoms with E-state index in [1.165, 1.54) is 0 Å². The van der Waals surface area contributed by atoms with Crippen molar-refractivity contribution in [1.82, 2.24) is 0 Å². The first-order valence-corrected chi connectivity index (χ1v) is 6.38. The van der Waals surface area contributed by atoms with Gasteiger partial charge in [-0.3, -0.25) is 9.20 Å². The van der Waals surface area contributed by atoms with Gasteiger partial charge in [-0.05, 0) is 19.3 Å². The number of amidine groups is 1. The fourth-order valence-corrected chi connectivity index (χ4v) is 2.74. The summed E-state index contributed by atoms with van der Waals surface area (Å²) in [5.41, 5.74) is 5.72. The third-order valence-corrected chi connectivity index (χ3v) is 3.59. The van der Waals surface area contributed by atoms with Gasteiger partial charge in [0, 0.05) is 28.7 Å².